The minimum atomic E-state index is -0.259. The van der Waals surface area contributed by atoms with Gasteiger partial charge in [0.1, 0.15) is 0 Å². The number of H-pyrrole nitrogens is 1. The molecule has 3 aromatic rings. The molecule has 2 fully saturated rings. The van der Waals surface area contributed by atoms with Crippen molar-refractivity contribution in [3.05, 3.63) is 64.8 Å². The third kappa shape index (κ3) is 3.29. The van der Waals surface area contributed by atoms with Gasteiger partial charge in [-0.05, 0) is 56.0 Å². The van der Waals surface area contributed by atoms with Gasteiger partial charge in [0.25, 0.3) is 5.91 Å². The minimum Gasteiger partial charge on any atom is -0.358 e. The van der Waals surface area contributed by atoms with E-state index in [0.29, 0.717) is 17.2 Å². The number of hydrogen-bond donors (Lipinski definition) is 4. The summed E-state index contributed by atoms with van der Waals surface area (Å²) in [5.74, 6) is 0.365. The van der Waals surface area contributed by atoms with Crippen LogP contribution in [0.3, 0.4) is 0 Å². The lowest BCUT2D eigenvalue weighted by molar-refractivity contribution is -0.117. The number of carbonyl (C=O) groups excluding carboxylic acids is 2. The topological polar surface area (TPSA) is 98.4 Å². The van der Waals surface area contributed by atoms with Crippen LogP contribution in [0.15, 0.2) is 47.6 Å². The Hall–Kier alpha value is -3.45. The number of anilines is 1. The van der Waals surface area contributed by atoms with E-state index in [1.54, 1.807) is 12.3 Å². The molecule has 0 unspecified atom stereocenters. The zero-order valence-corrected chi connectivity index (χ0v) is 17.7. The highest BCUT2D eigenvalue weighted by Crippen LogP contribution is 2.48. The lowest BCUT2D eigenvalue weighted by Crippen LogP contribution is -2.27. The van der Waals surface area contributed by atoms with Gasteiger partial charge in [-0.25, -0.2) is 5.43 Å². The Balaban J connectivity index is 1.32. The van der Waals surface area contributed by atoms with Crippen LogP contribution in [0, 0.1) is 5.92 Å². The van der Waals surface area contributed by atoms with E-state index in [9.17, 15) is 9.59 Å². The van der Waals surface area contributed by atoms with Crippen molar-refractivity contribution in [1.29, 1.82) is 0 Å². The second kappa shape index (κ2) is 7.60. The minimum absolute atomic E-state index is 0.000964. The Morgan fingerprint density at radius 3 is 2.72 bits per heavy atom. The molecule has 1 saturated carbocycles. The number of hydrogen-bond acceptors (Lipinski definition) is 4. The molecule has 4 N–H and O–H groups in total. The van der Waals surface area contributed by atoms with E-state index in [2.05, 4.69) is 38.3 Å². The number of nitrogens with zero attached hydrogens (tertiary/aromatic N) is 1. The Bertz CT molecular complexity index is 1240. The van der Waals surface area contributed by atoms with Crippen molar-refractivity contribution in [3.63, 3.8) is 0 Å². The van der Waals surface area contributed by atoms with Crippen LogP contribution in [0.5, 0.6) is 0 Å². The average molecular weight is 428 g/mol. The standard InChI is InChI=1S/C25H25N5O2/c31-24(18-12-17(18)14-4-2-1-3-5-14)28-16-10-19-22-20(13-27-30-25(19)32)23(29-21(22)11-16)15-6-8-26-9-7-15/h1-5,10-11,13,15,17-18,26,29H,6-9,12H2,(H,28,31)(H,30,32)/t17-,18+/m0/s1. The van der Waals surface area contributed by atoms with Crippen LogP contribution in [-0.4, -0.2) is 36.1 Å². The number of carbonyl (C=O) groups is 2. The third-order valence-electron chi connectivity index (χ3n) is 6.94. The van der Waals surface area contributed by atoms with Crippen molar-refractivity contribution in [1.82, 2.24) is 15.7 Å². The fourth-order valence-corrected chi connectivity index (χ4v) is 5.20. The van der Waals surface area contributed by atoms with Gasteiger partial charge in [0.15, 0.2) is 0 Å². The van der Waals surface area contributed by atoms with E-state index in [4.69, 9.17) is 0 Å². The number of piperidine rings is 1. The zero-order chi connectivity index (χ0) is 21.7. The summed E-state index contributed by atoms with van der Waals surface area (Å²) < 4.78 is 0. The number of rotatable bonds is 4. The molecule has 32 heavy (non-hydrogen) atoms. The van der Waals surface area contributed by atoms with Crippen molar-refractivity contribution in [2.45, 2.75) is 31.1 Å². The normalized spacial score (nSPS) is 22.4. The molecule has 0 spiro atoms. The lowest BCUT2D eigenvalue weighted by atomic mass is 9.91. The summed E-state index contributed by atoms with van der Waals surface area (Å²) in [7, 11) is 0. The molecular formula is C25H25N5O2. The number of aromatic amines is 1. The van der Waals surface area contributed by atoms with Gasteiger partial charge in [0.2, 0.25) is 5.91 Å². The SMILES string of the molecule is O=C1NN=Cc2c(C3CCNCC3)[nH]c3cc(NC(=O)[C@@H]4C[C@H]4c4ccccc4)cc1c23. The molecule has 3 aliphatic rings. The van der Waals surface area contributed by atoms with Crippen LogP contribution >= 0.6 is 0 Å². The first-order valence-electron chi connectivity index (χ1n) is 11.3. The maximum absolute atomic E-state index is 12.9. The number of aromatic nitrogens is 1. The van der Waals surface area contributed by atoms with E-state index in [1.807, 2.05) is 24.3 Å². The summed E-state index contributed by atoms with van der Waals surface area (Å²) in [6.07, 6.45) is 4.68. The maximum Gasteiger partial charge on any atom is 0.272 e. The first kappa shape index (κ1) is 19.3. The predicted octanol–water partition coefficient (Wildman–Crippen LogP) is 3.45. The van der Waals surface area contributed by atoms with Gasteiger partial charge >= 0.3 is 0 Å². The number of nitrogens with one attached hydrogen (secondary N) is 4. The summed E-state index contributed by atoms with van der Waals surface area (Å²) in [6, 6.07) is 13.9. The second-order valence-corrected chi connectivity index (χ2v) is 8.97. The van der Waals surface area contributed by atoms with Crippen LogP contribution < -0.4 is 16.1 Å². The molecule has 2 aliphatic heterocycles. The van der Waals surface area contributed by atoms with E-state index < -0.39 is 0 Å². The third-order valence-corrected chi connectivity index (χ3v) is 6.94. The molecule has 1 aromatic heterocycles. The van der Waals surface area contributed by atoms with Gasteiger partial charge in [-0.1, -0.05) is 30.3 Å². The van der Waals surface area contributed by atoms with Crippen molar-refractivity contribution in [3.8, 4) is 0 Å². The molecule has 2 amide bonds. The molecular weight excluding hydrogens is 402 g/mol. The van der Waals surface area contributed by atoms with Gasteiger partial charge in [-0.2, -0.15) is 5.10 Å². The first-order chi connectivity index (χ1) is 15.7. The van der Waals surface area contributed by atoms with Crippen molar-refractivity contribution in [2.75, 3.05) is 18.4 Å². The quantitative estimate of drug-likeness (QED) is 0.513. The van der Waals surface area contributed by atoms with Crippen molar-refractivity contribution >= 4 is 34.6 Å². The molecule has 0 radical (unpaired) electrons. The molecule has 2 atom stereocenters. The van der Waals surface area contributed by atoms with Crippen LogP contribution in [0.2, 0.25) is 0 Å². The van der Waals surface area contributed by atoms with Gasteiger partial charge in [-0.15, -0.1) is 0 Å². The molecule has 162 valence electrons. The van der Waals surface area contributed by atoms with Crippen LogP contribution in [0.25, 0.3) is 10.9 Å². The van der Waals surface area contributed by atoms with Crippen LogP contribution in [0.1, 0.15) is 58.3 Å². The smallest absolute Gasteiger partial charge is 0.272 e. The van der Waals surface area contributed by atoms with Gasteiger partial charge in [0.05, 0.1) is 11.8 Å². The summed E-state index contributed by atoms with van der Waals surface area (Å²) in [5.41, 5.74) is 7.94. The zero-order valence-electron chi connectivity index (χ0n) is 17.7. The largest absolute Gasteiger partial charge is 0.358 e. The Morgan fingerprint density at radius 2 is 1.91 bits per heavy atom. The fourth-order valence-electron chi connectivity index (χ4n) is 5.20. The molecule has 1 saturated heterocycles. The Morgan fingerprint density at radius 1 is 1.09 bits per heavy atom. The molecule has 6 rings (SSSR count). The highest BCUT2D eigenvalue weighted by atomic mass is 16.2. The van der Waals surface area contributed by atoms with Gasteiger partial charge < -0.3 is 15.6 Å². The first-order valence-corrected chi connectivity index (χ1v) is 11.3. The van der Waals surface area contributed by atoms with E-state index in [0.717, 1.165) is 54.5 Å². The van der Waals surface area contributed by atoms with Crippen LogP contribution in [-0.2, 0) is 4.79 Å². The highest BCUT2D eigenvalue weighted by Gasteiger charge is 2.43. The number of benzene rings is 2. The molecule has 7 nitrogen and oxygen atoms in total. The van der Waals surface area contributed by atoms with Gasteiger partial charge in [-0.3, -0.25) is 9.59 Å². The van der Waals surface area contributed by atoms with E-state index >= 15 is 0 Å². The Kier molecular flexibility index (Phi) is 4.57. The lowest BCUT2D eigenvalue weighted by Gasteiger charge is -2.22. The maximum atomic E-state index is 12.9. The Labute approximate surface area is 185 Å². The summed E-state index contributed by atoms with van der Waals surface area (Å²) in [4.78, 5) is 29.2. The average Bonchev–Trinajstić information content (AvgIpc) is 3.57. The van der Waals surface area contributed by atoms with E-state index in [1.165, 1.54) is 5.56 Å². The molecule has 1 aliphatic carbocycles. The molecule has 3 heterocycles. The van der Waals surface area contributed by atoms with Crippen LogP contribution in [0.4, 0.5) is 5.69 Å². The number of hydrazone groups is 1. The molecule has 2 aromatic carbocycles. The monoisotopic (exact) mass is 427 g/mol. The van der Waals surface area contributed by atoms with E-state index in [-0.39, 0.29) is 23.7 Å². The second-order valence-electron chi connectivity index (χ2n) is 8.97. The molecule has 7 heteroatoms. The summed E-state index contributed by atoms with van der Waals surface area (Å²) in [6.45, 7) is 1.96. The van der Waals surface area contributed by atoms with Crippen molar-refractivity contribution < 1.29 is 9.59 Å². The summed E-state index contributed by atoms with van der Waals surface area (Å²) in [5, 5.41) is 11.5. The van der Waals surface area contributed by atoms with Crippen molar-refractivity contribution in [2.24, 2.45) is 11.0 Å². The highest BCUT2D eigenvalue weighted by molar-refractivity contribution is 6.16. The molecule has 0 bridgehead atoms. The predicted molar refractivity (Wildman–Crippen MR) is 124 cm³/mol. The van der Waals surface area contributed by atoms with Gasteiger partial charge in [0, 0.05) is 39.7 Å². The summed E-state index contributed by atoms with van der Waals surface area (Å²) >= 11 is 0. The number of amides is 2. The fraction of sp³-hybridized carbons (Fsp3) is 0.320.